The minimum Gasteiger partial charge on any atom is -0.469 e. The maximum Gasteiger partial charge on any atom is 0.335 e. The molecule has 0 saturated carbocycles. The van der Waals surface area contributed by atoms with Crippen LogP contribution in [0.4, 0.5) is 0 Å². The molecule has 0 heterocycles. The van der Waals surface area contributed by atoms with E-state index in [0.717, 1.165) is 14.2 Å². The van der Waals surface area contributed by atoms with Crippen molar-refractivity contribution in [1.82, 2.24) is 0 Å². The predicted octanol–water partition coefficient (Wildman–Crippen LogP) is 0.431. The first kappa shape index (κ1) is 18.4. The molecule has 2 atom stereocenters. The first-order valence-corrected chi connectivity index (χ1v) is 6.18. The Morgan fingerprint density at radius 3 is 1.95 bits per heavy atom. The van der Waals surface area contributed by atoms with Crippen molar-refractivity contribution in [2.24, 2.45) is 5.92 Å². The van der Waals surface area contributed by atoms with Gasteiger partial charge in [-0.3, -0.25) is 9.59 Å². The molecule has 0 bridgehead atoms. The largest absolute Gasteiger partial charge is 0.469 e. The van der Waals surface area contributed by atoms with Crippen LogP contribution in [0.1, 0.15) is 33.6 Å². The average molecular weight is 290 g/mol. The molecule has 7 heteroatoms. The van der Waals surface area contributed by atoms with Gasteiger partial charge in [0, 0.05) is 6.42 Å². The number of methoxy groups -OCH3 is 2. The molecule has 0 saturated heterocycles. The van der Waals surface area contributed by atoms with Crippen LogP contribution in [-0.4, -0.2) is 48.9 Å². The summed E-state index contributed by atoms with van der Waals surface area (Å²) < 4.78 is 13.9. The second-order valence-electron chi connectivity index (χ2n) is 5.22. The van der Waals surface area contributed by atoms with Gasteiger partial charge in [-0.15, -0.1) is 0 Å². The Bertz CT molecular complexity index is 356. The van der Waals surface area contributed by atoms with Crippen molar-refractivity contribution in [3.05, 3.63) is 0 Å². The van der Waals surface area contributed by atoms with E-state index in [4.69, 9.17) is 4.74 Å². The molecule has 0 aromatic rings. The molecule has 1 N–H and O–H groups in total. The number of rotatable bonds is 6. The maximum absolute atomic E-state index is 11.6. The van der Waals surface area contributed by atoms with Gasteiger partial charge >= 0.3 is 17.9 Å². The smallest absolute Gasteiger partial charge is 0.335 e. The van der Waals surface area contributed by atoms with Gasteiger partial charge in [0.25, 0.3) is 0 Å². The number of hydrogen-bond acceptors (Lipinski definition) is 7. The minimum atomic E-state index is -1.67. The lowest BCUT2D eigenvalue weighted by Gasteiger charge is -2.21. The molecule has 0 aliphatic rings. The summed E-state index contributed by atoms with van der Waals surface area (Å²) in [6, 6.07) is 0. The molecule has 0 aliphatic heterocycles. The van der Waals surface area contributed by atoms with Crippen molar-refractivity contribution in [3.8, 4) is 0 Å². The Labute approximate surface area is 118 Å². The van der Waals surface area contributed by atoms with E-state index in [1.54, 1.807) is 20.8 Å². The molecule has 0 fully saturated rings. The number of hydrogen-bond donors (Lipinski definition) is 1. The van der Waals surface area contributed by atoms with Crippen LogP contribution >= 0.6 is 0 Å². The standard InChI is InChI=1S/C13H22O7/c1-13(2,3)20-9(14)7-6-8(11(16)18-4)10(15)12(17)19-5/h8,10,15H,6-7H2,1-5H3. The average Bonchev–Trinajstić information content (AvgIpc) is 2.35. The topological polar surface area (TPSA) is 99.1 Å². The van der Waals surface area contributed by atoms with E-state index in [1.165, 1.54) is 0 Å². The maximum atomic E-state index is 11.6. The van der Waals surface area contributed by atoms with E-state index in [9.17, 15) is 19.5 Å². The van der Waals surface area contributed by atoms with Gasteiger partial charge < -0.3 is 19.3 Å². The van der Waals surface area contributed by atoms with E-state index < -0.39 is 35.5 Å². The van der Waals surface area contributed by atoms with E-state index in [2.05, 4.69) is 9.47 Å². The highest BCUT2D eigenvalue weighted by molar-refractivity contribution is 5.84. The van der Waals surface area contributed by atoms with Crippen LogP contribution in [0.5, 0.6) is 0 Å². The van der Waals surface area contributed by atoms with Crippen LogP contribution in [0.15, 0.2) is 0 Å². The summed E-state index contributed by atoms with van der Waals surface area (Å²) in [5.74, 6) is -3.43. The van der Waals surface area contributed by atoms with Gasteiger partial charge in [0.05, 0.1) is 20.1 Å². The molecule has 0 radical (unpaired) electrons. The Balaban J connectivity index is 4.64. The second-order valence-corrected chi connectivity index (χ2v) is 5.22. The van der Waals surface area contributed by atoms with Crippen molar-refractivity contribution in [2.45, 2.75) is 45.3 Å². The van der Waals surface area contributed by atoms with Crippen LogP contribution in [0.3, 0.4) is 0 Å². The zero-order chi connectivity index (χ0) is 15.9. The van der Waals surface area contributed by atoms with Gasteiger partial charge in [-0.2, -0.15) is 0 Å². The fourth-order valence-electron chi connectivity index (χ4n) is 1.51. The summed E-state index contributed by atoms with van der Waals surface area (Å²) in [4.78, 5) is 34.3. The Morgan fingerprint density at radius 1 is 1.05 bits per heavy atom. The van der Waals surface area contributed by atoms with E-state index in [1.807, 2.05) is 0 Å². The molecule has 20 heavy (non-hydrogen) atoms. The fraction of sp³-hybridized carbons (Fsp3) is 0.769. The molecule has 0 spiro atoms. The lowest BCUT2D eigenvalue weighted by Crippen LogP contribution is -2.37. The molecule has 0 aromatic heterocycles. The molecule has 0 aromatic carbocycles. The van der Waals surface area contributed by atoms with Gasteiger partial charge in [0.2, 0.25) is 0 Å². The van der Waals surface area contributed by atoms with Gasteiger partial charge in [-0.05, 0) is 27.2 Å². The lowest BCUT2D eigenvalue weighted by molar-refractivity contribution is -0.165. The van der Waals surface area contributed by atoms with Gasteiger partial charge in [0.15, 0.2) is 6.10 Å². The first-order valence-electron chi connectivity index (χ1n) is 6.18. The summed E-state index contributed by atoms with van der Waals surface area (Å²) in [7, 11) is 2.22. The summed E-state index contributed by atoms with van der Waals surface area (Å²) in [5.41, 5.74) is -0.640. The SMILES string of the molecule is COC(=O)C(O)C(CCC(=O)OC(C)(C)C)C(=O)OC. The number of aliphatic hydroxyl groups excluding tert-OH is 1. The number of aliphatic hydroxyl groups is 1. The summed E-state index contributed by atoms with van der Waals surface area (Å²) in [6.45, 7) is 5.14. The number of esters is 3. The normalized spacial score (nSPS) is 14.1. The molecule has 2 unspecified atom stereocenters. The van der Waals surface area contributed by atoms with E-state index in [0.29, 0.717) is 0 Å². The quantitative estimate of drug-likeness (QED) is 0.559. The Hall–Kier alpha value is -1.63. The van der Waals surface area contributed by atoms with Crippen molar-refractivity contribution in [1.29, 1.82) is 0 Å². The second kappa shape index (κ2) is 7.84. The number of carbonyl (C=O) groups is 3. The lowest BCUT2D eigenvalue weighted by atomic mass is 9.96. The molecule has 7 nitrogen and oxygen atoms in total. The Kier molecular flexibility index (Phi) is 7.20. The zero-order valence-electron chi connectivity index (χ0n) is 12.5. The highest BCUT2D eigenvalue weighted by Gasteiger charge is 2.34. The summed E-state index contributed by atoms with van der Waals surface area (Å²) >= 11 is 0. The van der Waals surface area contributed by atoms with Gasteiger partial charge in [-0.25, -0.2) is 4.79 Å². The van der Waals surface area contributed by atoms with Crippen molar-refractivity contribution >= 4 is 17.9 Å². The highest BCUT2D eigenvalue weighted by Crippen LogP contribution is 2.17. The minimum absolute atomic E-state index is 0.0716. The summed E-state index contributed by atoms with van der Waals surface area (Å²) in [6.07, 6.45) is -1.86. The molecule has 0 aliphatic carbocycles. The van der Waals surface area contributed by atoms with Gasteiger partial charge in [0.1, 0.15) is 5.60 Å². The molecule has 0 rings (SSSR count). The number of carbonyl (C=O) groups excluding carboxylic acids is 3. The van der Waals surface area contributed by atoms with Crippen molar-refractivity contribution < 1.29 is 33.7 Å². The van der Waals surface area contributed by atoms with E-state index >= 15 is 0 Å². The molecule has 116 valence electrons. The van der Waals surface area contributed by atoms with Crippen molar-refractivity contribution in [2.75, 3.05) is 14.2 Å². The predicted molar refractivity (Wildman–Crippen MR) is 68.6 cm³/mol. The van der Waals surface area contributed by atoms with Crippen LogP contribution in [0.2, 0.25) is 0 Å². The van der Waals surface area contributed by atoms with E-state index in [-0.39, 0.29) is 12.8 Å². The van der Waals surface area contributed by atoms with Crippen molar-refractivity contribution in [3.63, 3.8) is 0 Å². The number of ether oxygens (including phenoxy) is 3. The van der Waals surface area contributed by atoms with Crippen LogP contribution in [0.25, 0.3) is 0 Å². The van der Waals surface area contributed by atoms with Crippen LogP contribution < -0.4 is 0 Å². The third kappa shape index (κ3) is 6.51. The van der Waals surface area contributed by atoms with Gasteiger partial charge in [-0.1, -0.05) is 0 Å². The molecular formula is C13H22O7. The van der Waals surface area contributed by atoms with Crippen LogP contribution in [-0.2, 0) is 28.6 Å². The fourth-order valence-corrected chi connectivity index (χ4v) is 1.51. The third-order valence-electron chi connectivity index (χ3n) is 2.41. The first-order chi connectivity index (χ1) is 9.12. The highest BCUT2D eigenvalue weighted by atomic mass is 16.6. The van der Waals surface area contributed by atoms with Crippen LogP contribution in [0, 0.1) is 5.92 Å². The molecule has 0 amide bonds. The Morgan fingerprint density at radius 2 is 1.55 bits per heavy atom. The summed E-state index contributed by atoms with van der Waals surface area (Å²) in [5, 5.41) is 9.70. The zero-order valence-corrected chi connectivity index (χ0v) is 12.5. The molecular weight excluding hydrogens is 268 g/mol. The third-order valence-corrected chi connectivity index (χ3v) is 2.41. The monoisotopic (exact) mass is 290 g/mol.